The van der Waals surface area contributed by atoms with Crippen LogP contribution in [0.4, 0.5) is 0 Å². The molecule has 0 bridgehead atoms. The highest BCUT2D eigenvalue weighted by Gasteiger charge is 2.38. The molecule has 0 saturated carbocycles. The maximum Gasteiger partial charge on any atom is 0.361 e. The molecule has 2 atom stereocenters. The third kappa shape index (κ3) is 2.36. The fourth-order valence-electron chi connectivity index (χ4n) is 4.52. The fraction of sp³-hybridized carbons (Fsp3) is 0.526. The van der Waals surface area contributed by atoms with Crippen LogP contribution in [-0.2, 0) is 22.5 Å². The molecule has 0 spiro atoms. The van der Waals surface area contributed by atoms with Gasteiger partial charge in [-0.25, -0.2) is 4.79 Å². The van der Waals surface area contributed by atoms with Crippen LogP contribution in [0.25, 0.3) is 10.9 Å². The molecule has 0 radical (unpaired) electrons. The number of aryl methyl sites for hydroxylation is 2. The molecule has 0 saturated heterocycles. The summed E-state index contributed by atoms with van der Waals surface area (Å²) < 4.78 is 7.70. The highest BCUT2D eigenvalue weighted by molar-refractivity contribution is 5.86. The highest BCUT2D eigenvalue weighted by atomic mass is 16.5. The maximum absolute atomic E-state index is 12.0. The van der Waals surface area contributed by atoms with Crippen LogP contribution in [0, 0.1) is 6.92 Å². The number of ether oxygens (including phenoxy) is 1. The number of nitrogens with zero attached hydrogens (tertiary/aromatic N) is 1. The molecule has 1 aliphatic heterocycles. The van der Waals surface area contributed by atoms with Crippen LogP contribution in [0.15, 0.2) is 18.2 Å². The molecule has 23 heavy (non-hydrogen) atoms. The van der Waals surface area contributed by atoms with Gasteiger partial charge in [0.1, 0.15) is 6.04 Å². The van der Waals surface area contributed by atoms with Gasteiger partial charge in [0.2, 0.25) is 0 Å². The van der Waals surface area contributed by atoms with Crippen molar-refractivity contribution in [3.05, 3.63) is 35.0 Å². The largest absolute Gasteiger partial charge is 0.462 e. The lowest BCUT2D eigenvalue weighted by Crippen LogP contribution is -3.14. The van der Waals surface area contributed by atoms with Gasteiger partial charge < -0.3 is 14.2 Å². The Kier molecular flexibility index (Phi) is 3.64. The first-order valence-electron chi connectivity index (χ1n) is 8.81. The van der Waals surface area contributed by atoms with Crippen molar-refractivity contribution in [3.63, 3.8) is 0 Å². The molecular weight excluding hydrogens is 288 g/mol. The smallest absolute Gasteiger partial charge is 0.361 e. The Morgan fingerprint density at radius 2 is 2.30 bits per heavy atom. The number of aromatic nitrogens is 1. The van der Waals surface area contributed by atoms with Crippen LogP contribution in [0.3, 0.4) is 0 Å². The lowest BCUT2D eigenvalue weighted by molar-refractivity contribution is -0.930. The van der Waals surface area contributed by atoms with E-state index in [1.54, 1.807) is 0 Å². The van der Waals surface area contributed by atoms with Gasteiger partial charge in [0.15, 0.2) is 6.54 Å². The summed E-state index contributed by atoms with van der Waals surface area (Å²) in [5, 5.41) is 1.43. The quantitative estimate of drug-likeness (QED) is 0.877. The van der Waals surface area contributed by atoms with Crippen LogP contribution in [0.2, 0.25) is 0 Å². The lowest BCUT2D eigenvalue weighted by Gasteiger charge is -2.36. The summed E-state index contributed by atoms with van der Waals surface area (Å²) >= 11 is 0. The van der Waals surface area contributed by atoms with E-state index in [0.717, 1.165) is 13.1 Å². The normalized spacial score (nSPS) is 22.9. The van der Waals surface area contributed by atoms with Crippen LogP contribution in [-0.4, -0.2) is 30.2 Å². The predicted octanol–water partition coefficient (Wildman–Crippen LogP) is 1.79. The van der Waals surface area contributed by atoms with Crippen LogP contribution >= 0.6 is 0 Å². The van der Waals surface area contributed by atoms with Crippen LogP contribution in [0.5, 0.6) is 0 Å². The van der Waals surface area contributed by atoms with Gasteiger partial charge in [-0.2, -0.15) is 0 Å². The molecule has 1 aromatic carbocycles. The summed E-state index contributed by atoms with van der Waals surface area (Å²) in [6.07, 6.45) is 3.57. The SMILES string of the molecule is CCOC(=O)C[NH+]1CCn2c3c(c4cc(C)ccc42)CCC[C@H]31. The zero-order valence-electron chi connectivity index (χ0n) is 14.0. The Morgan fingerprint density at radius 1 is 1.43 bits per heavy atom. The summed E-state index contributed by atoms with van der Waals surface area (Å²) in [7, 11) is 0. The standard InChI is InChI=1S/C19H24N2O2/c1-3-23-18(22)12-20-9-10-21-16-8-7-13(2)11-15(16)14-5-4-6-17(20)19(14)21/h7-8,11,17H,3-6,9-10,12H2,1-2H3/p+1/t17-/m1/s1. The summed E-state index contributed by atoms with van der Waals surface area (Å²) in [6.45, 7) is 7.03. The molecule has 4 nitrogen and oxygen atoms in total. The van der Waals surface area contributed by atoms with E-state index in [0.29, 0.717) is 19.2 Å². The van der Waals surface area contributed by atoms with Crippen molar-refractivity contribution in [2.24, 2.45) is 0 Å². The van der Waals surface area contributed by atoms with E-state index < -0.39 is 0 Å². The number of quaternary nitrogens is 1. The Labute approximate surface area is 137 Å². The first-order valence-corrected chi connectivity index (χ1v) is 8.81. The Bertz CT molecular complexity index is 762. The number of hydrogen-bond acceptors (Lipinski definition) is 2. The second-order valence-electron chi connectivity index (χ2n) is 6.87. The van der Waals surface area contributed by atoms with Crippen molar-refractivity contribution >= 4 is 16.9 Å². The van der Waals surface area contributed by atoms with E-state index in [1.165, 1.54) is 51.9 Å². The first kappa shape index (κ1) is 14.8. The van der Waals surface area contributed by atoms with Gasteiger partial charge >= 0.3 is 5.97 Å². The topological polar surface area (TPSA) is 35.7 Å². The summed E-state index contributed by atoms with van der Waals surface area (Å²) in [5.74, 6) is -0.0602. The molecular formula is C19H25N2O2+. The predicted molar refractivity (Wildman–Crippen MR) is 89.7 cm³/mol. The minimum Gasteiger partial charge on any atom is -0.462 e. The molecule has 2 aromatic rings. The van der Waals surface area contributed by atoms with Crippen molar-refractivity contribution in [2.45, 2.75) is 45.7 Å². The molecule has 0 amide bonds. The molecule has 4 heteroatoms. The minimum atomic E-state index is -0.0602. The second kappa shape index (κ2) is 5.68. The molecule has 1 aliphatic carbocycles. The fourth-order valence-corrected chi connectivity index (χ4v) is 4.52. The second-order valence-corrected chi connectivity index (χ2v) is 6.87. The highest BCUT2D eigenvalue weighted by Crippen LogP contribution is 2.37. The van der Waals surface area contributed by atoms with Crippen molar-refractivity contribution in [1.29, 1.82) is 0 Å². The van der Waals surface area contributed by atoms with E-state index in [9.17, 15) is 4.79 Å². The van der Waals surface area contributed by atoms with Crippen molar-refractivity contribution in [3.8, 4) is 0 Å². The monoisotopic (exact) mass is 313 g/mol. The van der Waals surface area contributed by atoms with Crippen molar-refractivity contribution < 1.29 is 14.4 Å². The van der Waals surface area contributed by atoms with Gasteiger partial charge in [0.25, 0.3) is 0 Å². The zero-order valence-corrected chi connectivity index (χ0v) is 14.0. The summed E-state index contributed by atoms with van der Waals surface area (Å²) in [4.78, 5) is 13.3. The molecule has 1 unspecified atom stereocenters. The zero-order chi connectivity index (χ0) is 16.0. The molecule has 0 fully saturated rings. The van der Waals surface area contributed by atoms with Crippen LogP contribution < -0.4 is 4.90 Å². The summed E-state index contributed by atoms with van der Waals surface area (Å²) in [5.41, 5.74) is 5.72. The lowest BCUT2D eigenvalue weighted by atomic mass is 9.89. The average molecular weight is 313 g/mol. The number of carbonyl (C=O) groups is 1. The Balaban J connectivity index is 1.76. The van der Waals surface area contributed by atoms with Crippen LogP contribution in [0.1, 0.15) is 42.6 Å². The Morgan fingerprint density at radius 3 is 3.13 bits per heavy atom. The third-order valence-electron chi connectivity index (χ3n) is 5.44. The van der Waals surface area contributed by atoms with Gasteiger partial charge in [-0.05, 0) is 44.4 Å². The van der Waals surface area contributed by atoms with E-state index in [2.05, 4.69) is 29.7 Å². The number of nitrogens with one attached hydrogen (secondary N) is 1. The number of rotatable bonds is 3. The van der Waals surface area contributed by atoms with Gasteiger partial charge in [-0.15, -0.1) is 0 Å². The van der Waals surface area contributed by atoms with Gasteiger partial charge in [0, 0.05) is 17.3 Å². The molecule has 2 aliphatic rings. The first-order chi connectivity index (χ1) is 11.2. The number of fused-ring (bicyclic) bond motifs is 3. The van der Waals surface area contributed by atoms with Gasteiger partial charge in [0.05, 0.1) is 25.4 Å². The molecule has 1 N–H and O–H groups in total. The Hall–Kier alpha value is -1.81. The third-order valence-corrected chi connectivity index (χ3v) is 5.44. The molecule has 4 rings (SSSR count). The molecule has 122 valence electrons. The number of esters is 1. The molecule has 2 heterocycles. The number of hydrogen-bond donors (Lipinski definition) is 1. The minimum absolute atomic E-state index is 0.0602. The van der Waals surface area contributed by atoms with Crippen molar-refractivity contribution in [2.75, 3.05) is 19.7 Å². The molecule has 1 aromatic heterocycles. The van der Waals surface area contributed by atoms with Gasteiger partial charge in [-0.3, -0.25) is 0 Å². The maximum atomic E-state index is 12.0. The van der Waals surface area contributed by atoms with E-state index in [4.69, 9.17) is 4.74 Å². The van der Waals surface area contributed by atoms with E-state index in [-0.39, 0.29) is 5.97 Å². The van der Waals surface area contributed by atoms with E-state index >= 15 is 0 Å². The number of carbonyl (C=O) groups excluding carboxylic acids is 1. The summed E-state index contributed by atoms with van der Waals surface area (Å²) in [6, 6.07) is 7.27. The van der Waals surface area contributed by atoms with Gasteiger partial charge in [-0.1, -0.05) is 11.6 Å². The van der Waals surface area contributed by atoms with Crippen molar-refractivity contribution in [1.82, 2.24) is 4.57 Å². The average Bonchev–Trinajstić information content (AvgIpc) is 2.85. The van der Waals surface area contributed by atoms with E-state index in [1.807, 2.05) is 6.92 Å². The number of benzene rings is 1.